The maximum Gasteiger partial charge on any atom is 0.142 e. The molecule has 3 rings (SSSR count). The topological polar surface area (TPSA) is 42.2 Å². The number of nitrogens with two attached hydrogens (primary N) is 1. The molecule has 2 aliphatic carbocycles. The van der Waals surface area contributed by atoms with Crippen LogP contribution in [0.3, 0.4) is 0 Å². The summed E-state index contributed by atoms with van der Waals surface area (Å²) < 4.78 is 4.29. The number of rotatable bonds is 3. The fourth-order valence-corrected chi connectivity index (χ4v) is 2.87. The lowest BCUT2D eigenvalue weighted by atomic mass is 10.2. The Labute approximate surface area is 88.1 Å². The van der Waals surface area contributed by atoms with Crippen LogP contribution in [0.2, 0.25) is 0 Å². The molecule has 0 radical (unpaired) electrons. The quantitative estimate of drug-likeness (QED) is 0.830. The van der Waals surface area contributed by atoms with Gasteiger partial charge in [-0.2, -0.15) is 4.37 Å². The Morgan fingerprint density at radius 3 is 2.64 bits per heavy atom. The molecular weight excluding hydrogens is 194 g/mol. The molecule has 2 N–H and O–H groups in total. The van der Waals surface area contributed by atoms with Crippen molar-refractivity contribution in [2.75, 3.05) is 17.7 Å². The smallest absolute Gasteiger partial charge is 0.142 e. The Morgan fingerprint density at radius 1 is 1.36 bits per heavy atom. The number of anilines is 2. The second-order valence-electron chi connectivity index (χ2n) is 4.40. The van der Waals surface area contributed by atoms with Crippen molar-refractivity contribution >= 4 is 22.4 Å². The van der Waals surface area contributed by atoms with Crippen LogP contribution in [-0.4, -0.2) is 17.5 Å². The second kappa shape index (κ2) is 2.86. The largest absolute Gasteiger partial charge is 0.383 e. The summed E-state index contributed by atoms with van der Waals surface area (Å²) in [7, 11) is 2.18. The molecule has 4 heteroatoms. The SMILES string of the molecule is CN(c1snc(N)c1C1CC1)C1CC1. The van der Waals surface area contributed by atoms with Gasteiger partial charge in [0.2, 0.25) is 0 Å². The van der Waals surface area contributed by atoms with Crippen LogP contribution in [0.15, 0.2) is 0 Å². The minimum absolute atomic E-state index is 0.713. The van der Waals surface area contributed by atoms with Crippen molar-refractivity contribution in [1.29, 1.82) is 0 Å². The van der Waals surface area contributed by atoms with Gasteiger partial charge in [0.1, 0.15) is 10.8 Å². The van der Waals surface area contributed by atoms with Crippen molar-refractivity contribution in [1.82, 2.24) is 4.37 Å². The maximum absolute atomic E-state index is 5.91. The summed E-state index contributed by atoms with van der Waals surface area (Å²) in [6, 6.07) is 0.757. The summed E-state index contributed by atoms with van der Waals surface area (Å²) in [5.41, 5.74) is 7.25. The van der Waals surface area contributed by atoms with Gasteiger partial charge in [-0.25, -0.2) is 0 Å². The number of hydrogen-bond acceptors (Lipinski definition) is 4. The fourth-order valence-electron chi connectivity index (χ4n) is 1.94. The molecule has 0 aliphatic heterocycles. The van der Waals surface area contributed by atoms with Crippen LogP contribution >= 0.6 is 11.5 Å². The van der Waals surface area contributed by atoms with E-state index in [9.17, 15) is 0 Å². The van der Waals surface area contributed by atoms with E-state index in [0.29, 0.717) is 5.92 Å². The summed E-state index contributed by atoms with van der Waals surface area (Å²) >= 11 is 1.57. The second-order valence-corrected chi connectivity index (χ2v) is 5.15. The molecule has 1 aromatic heterocycles. The number of aromatic nitrogens is 1. The van der Waals surface area contributed by atoms with E-state index in [1.54, 1.807) is 11.5 Å². The van der Waals surface area contributed by atoms with Crippen LogP contribution in [0.1, 0.15) is 37.2 Å². The van der Waals surface area contributed by atoms with Crippen molar-refractivity contribution in [2.45, 2.75) is 37.6 Å². The predicted molar refractivity (Wildman–Crippen MR) is 59.9 cm³/mol. The van der Waals surface area contributed by atoms with Gasteiger partial charge in [-0.3, -0.25) is 0 Å². The van der Waals surface area contributed by atoms with Crippen LogP contribution in [-0.2, 0) is 0 Å². The summed E-state index contributed by atoms with van der Waals surface area (Å²) in [5.74, 6) is 1.49. The van der Waals surface area contributed by atoms with Crippen LogP contribution in [0.4, 0.5) is 10.8 Å². The molecule has 0 atom stereocenters. The molecule has 0 spiro atoms. The summed E-state index contributed by atoms with van der Waals surface area (Å²) in [6.45, 7) is 0. The van der Waals surface area contributed by atoms with E-state index < -0.39 is 0 Å². The van der Waals surface area contributed by atoms with Crippen LogP contribution in [0.5, 0.6) is 0 Å². The molecule has 1 heterocycles. The third-order valence-electron chi connectivity index (χ3n) is 3.14. The van der Waals surface area contributed by atoms with Crippen molar-refractivity contribution < 1.29 is 0 Å². The number of nitrogens with zero attached hydrogens (tertiary/aromatic N) is 2. The van der Waals surface area contributed by atoms with Gasteiger partial charge in [0.15, 0.2) is 0 Å². The standard InChI is InChI=1S/C10H15N3S/c1-13(7-4-5-7)10-8(6-2-3-6)9(11)12-14-10/h6-7H,2-5H2,1H3,(H2,11,12). The molecular formula is C10H15N3S. The minimum atomic E-state index is 0.713. The Kier molecular flexibility index (Phi) is 1.74. The highest BCUT2D eigenvalue weighted by Gasteiger charge is 2.35. The lowest BCUT2D eigenvalue weighted by Crippen LogP contribution is -2.19. The highest BCUT2D eigenvalue weighted by Crippen LogP contribution is 2.49. The van der Waals surface area contributed by atoms with E-state index in [1.165, 1.54) is 36.2 Å². The minimum Gasteiger partial charge on any atom is -0.383 e. The maximum atomic E-state index is 5.91. The lowest BCUT2D eigenvalue weighted by Gasteiger charge is -2.17. The molecule has 2 saturated carbocycles. The summed E-state index contributed by atoms with van der Waals surface area (Å²) in [6.07, 6.45) is 5.26. The van der Waals surface area contributed by atoms with Gasteiger partial charge in [-0.05, 0) is 43.1 Å². The molecule has 0 unspecified atom stereocenters. The third-order valence-corrected chi connectivity index (χ3v) is 4.11. The van der Waals surface area contributed by atoms with Gasteiger partial charge in [0.25, 0.3) is 0 Å². The molecule has 0 bridgehead atoms. The molecule has 0 saturated heterocycles. The summed E-state index contributed by atoms with van der Waals surface area (Å²) in [4.78, 5) is 2.38. The van der Waals surface area contributed by atoms with E-state index in [-0.39, 0.29) is 0 Å². The van der Waals surface area contributed by atoms with Crippen LogP contribution in [0, 0.1) is 0 Å². The average molecular weight is 209 g/mol. The predicted octanol–water partition coefficient (Wildman–Crippen LogP) is 2.20. The van der Waals surface area contributed by atoms with E-state index >= 15 is 0 Å². The van der Waals surface area contributed by atoms with Gasteiger partial charge < -0.3 is 10.6 Å². The molecule has 1 aromatic rings. The fraction of sp³-hybridized carbons (Fsp3) is 0.700. The zero-order chi connectivity index (χ0) is 9.71. The first-order valence-corrected chi connectivity index (χ1v) is 6.02. The zero-order valence-corrected chi connectivity index (χ0v) is 9.18. The first-order valence-electron chi connectivity index (χ1n) is 5.25. The van der Waals surface area contributed by atoms with Crippen LogP contribution in [0.25, 0.3) is 0 Å². The monoisotopic (exact) mass is 209 g/mol. The Morgan fingerprint density at radius 2 is 2.07 bits per heavy atom. The molecule has 2 fully saturated rings. The van der Waals surface area contributed by atoms with Gasteiger partial charge in [-0.1, -0.05) is 0 Å². The van der Waals surface area contributed by atoms with Gasteiger partial charge in [0.05, 0.1) is 0 Å². The lowest BCUT2D eigenvalue weighted by molar-refractivity contribution is 0.916. The van der Waals surface area contributed by atoms with Crippen molar-refractivity contribution in [3.63, 3.8) is 0 Å². The third kappa shape index (κ3) is 1.29. The van der Waals surface area contributed by atoms with Crippen molar-refractivity contribution in [2.24, 2.45) is 0 Å². The molecule has 0 amide bonds. The Balaban J connectivity index is 1.94. The zero-order valence-electron chi connectivity index (χ0n) is 8.36. The first-order chi connectivity index (χ1) is 6.77. The van der Waals surface area contributed by atoms with Crippen LogP contribution < -0.4 is 10.6 Å². The van der Waals surface area contributed by atoms with E-state index in [0.717, 1.165) is 11.9 Å². The summed E-state index contributed by atoms with van der Waals surface area (Å²) in [5, 5.41) is 1.33. The Bertz CT molecular complexity index is 352. The highest BCUT2D eigenvalue weighted by atomic mass is 32.1. The van der Waals surface area contributed by atoms with Gasteiger partial charge in [-0.15, -0.1) is 0 Å². The first kappa shape index (κ1) is 8.53. The number of nitrogen functional groups attached to an aromatic ring is 1. The van der Waals surface area contributed by atoms with E-state index in [2.05, 4.69) is 16.3 Å². The molecule has 14 heavy (non-hydrogen) atoms. The average Bonchev–Trinajstić information content (AvgIpc) is 3.04. The normalized spacial score (nSPS) is 21.2. The van der Waals surface area contributed by atoms with Gasteiger partial charge in [0, 0.05) is 18.7 Å². The van der Waals surface area contributed by atoms with Gasteiger partial charge >= 0.3 is 0 Å². The molecule has 2 aliphatic rings. The molecule has 3 nitrogen and oxygen atoms in total. The highest BCUT2D eigenvalue weighted by molar-refractivity contribution is 7.10. The van der Waals surface area contributed by atoms with E-state index in [1.807, 2.05) is 0 Å². The van der Waals surface area contributed by atoms with Crippen molar-refractivity contribution in [3.05, 3.63) is 5.56 Å². The molecule has 0 aromatic carbocycles. The Hall–Kier alpha value is -0.770. The number of hydrogen-bond donors (Lipinski definition) is 1. The van der Waals surface area contributed by atoms with E-state index in [4.69, 9.17) is 5.73 Å². The molecule has 76 valence electrons. The van der Waals surface area contributed by atoms with Crippen molar-refractivity contribution in [3.8, 4) is 0 Å².